The lowest BCUT2D eigenvalue weighted by atomic mass is 10.1. The fourth-order valence-electron chi connectivity index (χ4n) is 2.16. The Labute approximate surface area is 149 Å². The number of rotatable bonds is 7. The van der Waals surface area contributed by atoms with E-state index >= 15 is 0 Å². The molecule has 0 unspecified atom stereocenters. The van der Waals surface area contributed by atoms with Crippen molar-refractivity contribution in [3.8, 4) is 0 Å². The van der Waals surface area contributed by atoms with Gasteiger partial charge in [0.15, 0.2) is 0 Å². The third-order valence-corrected chi connectivity index (χ3v) is 6.15. The topological polar surface area (TPSA) is 88.4 Å². The first-order valence-corrected chi connectivity index (χ1v) is 9.83. The van der Waals surface area contributed by atoms with E-state index in [1.165, 1.54) is 0 Å². The number of nitrogens with one attached hydrogen (secondary N) is 2. The number of carbonyl (C=O) groups is 1. The van der Waals surface area contributed by atoms with E-state index in [4.69, 9.17) is 4.42 Å². The second-order valence-electron chi connectivity index (χ2n) is 5.27. The first-order chi connectivity index (χ1) is 12.0. The maximum atomic E-state index is 12.1. The molecule has 25 heavy (non-hydrogen) atoms. The lowest BCUT2D eigenvalue weighted by molar-refractivity contribution is -0.120. The molecule has 130 valence electrons. The summed E-state index contributed by atoms with van der Waals surface area (Å²) in [6.45, 7) is 0.338. The zero-order chi connectivity index (χ0) is 17.7. The van der Waals surface area contributed by atoms with Crippen LogP contribution in [0.4, 0.5) is 5.69 Å². The molecule has 0 fully saturated rings. The van der Waals surface area contributed by atoms with E-state index in [-0.39, 0.29) is 16.5 Å². The Morgan fingerprint density at radius 3 is 2.52 bits per heavy atom. The minimum Gasteiger partial charge on any atom is -0.467 e. The van der Waals surface area contributed by atoms with E-state index in [9.17, 15) is 13.2 Å². The molecule has 2 aromatic heterocycles. The number of carbonyl (C=O) groups excluding carboxylic acids is 1. The highest BCUT2D eigenvalue weighted by atomic mass is 32.2. The van der Waals surface area contributed by atoms with Gasteiger partial charge in [0.1, 0.15) is 9.97 Å². The molecule has 1 aromatic carbocycles. The van der Waals surface area contributed by atoms with Gasteiger partial charge in [-0.3, -0.25) is 9.52 Å². The Morgan fingerprint density at radius 2 is 1.88 bits per heavy atom. The summed E-state index contributed by atoms with van der Waals surface area (Å²) in [5.41, 5.74) is 1.24. The van der Waals surface area contributed by atoms with Gasteiger partial charge in [-0.05, 0) is 41.3 Å². The van der Waals surface area contributed by atoms with Crippen molar-refractivity contribution in [1.29, 1.82) is 0 Å². The van der Waals surface area contributed by atoms with Gasteiger partial charge >= 0.3 is 0 Å². The molecule has 0 aliphatic heterocycles. The van der Waals surface area contributed by atoms with Crippen LogP contribution in [0, 0.1) is 0 Å². The van der Waals surface area contributed by atoms with E-state index in [1.807, 2.05) is 0 Å². The van der Waals surface area contributed by atoms with Gasteiger partial charge in [-0.1, -0.05) is 18.2 Å². The maximum Gasteiger partial charge on any atom is 0.271 e. The molecule has 1 amide bonds. The summed E-state index contributed by atoms with van der Waals surface area (Å²) in [6, 6.07) is 13.5. The largest absolute Gasteiger partial charge is 0.467 e. The van der Waals surface area contributed by atoms with Crippen LogP contribution in [0.2, 0.25) is 0 Å². The lowest BCUT2D eigenvalue weighted by Gasteiger charge is -2.08. The summed E-state index contributed by atoms with van der Waals surface area (Å²) in [7, 11) is -3.56. The van der Waals surface area contributed by atoms with Crippen LogP contribution in [-0.4, -0.2) is 14.3 Å². The number of furan rings is 1. The molecule has 0 saturated carbocycles. The van der Waals surface area contributed by atoms with E-state index in [2.05, 4.69) is 10.0 Å². The molecule has 0 saturated heterocycles. The fraction of sp³-hybridized carbons (Fsp3) is 0.118. The van der Waals surface area contributed by atoms with Crippen LogP contribution in [0.3, 0.4) is 0 Å². The predicted octanol–water partition coefficient (Wildman–Crippen LogP) is 3.00. The quantitative estimate of drug-likeness (QED) is 0.663. The molecule has 0 aliphatic rings. The van der Waals surface area contributed by atoms with Crippen molar-refractivity contribution in [1.82, 2.24) is 5.32 Å². The molecule has 6 nitrogen and oxygen atoms in total. The molecule has 0 radical (unpaired) electrons. The van der Waals surface area contributed by atoms with Crippen LogP contribution >= 0.6 is 11.3 Å². The Bertz CT molecular complexity index is 916. The lowest BCUT2D eigenvalue weighted by Crippen LogP contribution is -2.24. The number of thiophene rings is 1. The van der Waals surface area contributed by atoms with Crippen LogP contribution in [0.15, 0.2) is 68.8 Å². The molecule has 2 heterocycles. The van der Waals surface area contributed by atoms with Crippen molar-refractivity contribution < 1.29 is 17.6 Å². The predicted molar refractivity (Wildman–Crippen MR) is 95.8 cm³/mol. The monoisotopic (exact) mass is 376 g/mol. The van der Waals surface area contributed by atoms with Crippen LogP contribution < -0.4 is 10.0 Å². The van der Waals surface area contributed by atoms with Crippen LogP contribution in [0.5, 0.6) is 0 Å². The average Bonchev–Trinajstić information content (AvgIpc) is 3.28. The number of benzene rings is 1. The maximum absolute atomic E-state index is 12.1. The second-order valence-corrected chi connectivity index (χ2v) is 8.12. The van der Waals surface area contributed by atoms with Gasteiger partial charge in [0, 0.05) is 5.69 Å². The first-order valence-electron chi connectivity index (χ1n) is 7.47. The minimum absolute atomic E-state index is 0.136. The highest BCUT2D eigenvalue weighted by Gasteiger charge is 2.15. The highest BCUT2D eigenvalue weighted by molar-refractivity contribution is 7.94. The molecule has 3 rings (SSSR count). The Balaban J connectivity index is 1.56. The van der Waals surface area contributed by atoms with Gasteiger partial charge < -0.3 is 9.73 Å². The standard InChI is InChI=1S/C17H16N2O4S2/c20-16(18-12-15-3-1-9-23-15)11-13-5-7-14(8-6-13)19-25(21,22)17-4-2-10-24-17/h1-10,19H,11-12H2,(H,18,20). The summed E-state index contributed by atoms with van der Waals surface area (Å²) < 4.78 is 32.2. The summed E-state index contributed by atoms with van der Waals surface area (Å²) in [5.74, 6) is 0.551. The highest BCUT2D eigenvalue weighted by Crippen LogP contribution is 2.20. The Hall–Kier alpha value is -2.58. The molecule has 0 bridgehead atoms. The molecular weight excluding hydrogens is 360 g/mol. The van der Waals surface area contributed by atoms with E-state index in [1.54, 1.807) is 60.2 Å². The third kappa shape index (κ3) is 4.71. The number of hydrogen-bond donors (Lipinski definition) is 2. The van der Waals surface area contributed by atoms with E-state index in [0.29, 0.717) is 18.0 Å². The van der Waals surface area contributed by atoms with Crippen LogP contribution in [-0.2, 0) is 27.8 Å². The normalized spacial score (nSPS) is 11.2. The number of anilines is 1. The van der Waals surface area contributed by atoms with Crippen molar-refractivity contribution in [2.24, 2.45) is 0 Å². The summed E-state index contributed by atoms with van der Waals surface area (Å²) >= 11 is 1.15. The molecule has 8 heteroatoms. The van der Waals surface area contributed by atoms with Crippen molar-refractivity contribution in [3.05, 3.63) is 71.5 Å². The Kier molecular flexibility index (Phi) is 5.20. The van der Waals surface area contributed by atoms with Crippen molar-refractivity contribution in [3.63, 3.8) is 0 Å². The van der Waals surface area contributed by atoms with Crippen molar-refractivity contribution in [2.75, 3.05) is 4.72 Å². The van der Waals surface area contributed by atoms with Crippen LogP contribution in [0.1, 0.15) is 11.3 Å². The van der Waals surface area contributed by atoms with E-state index in [0.717, 1.165) is 16.9 Å². The minimum atomic E-state index is -3.56. The number of hydrogen-bond acceptors (Lipinski definition) is 5. The first kappa shape index (κ1) is 17.2. The van der Waals surface area contributed by atoms with Gasteiger partial charge in [0.2, 0.25) is 5.91 Å². The zero-order valence-corrected chi connectivity index (χ0v) is 14.8. The zero-order valence-electron chi connectivity index (χ0n) is 13.1. The fourth-order valence-corrected chi connectivity index (χ4v) is 4.21. The molecule has 0 spiro atoms. The third-order valence-electron chi connectivity index (χ3n) is 3.37. The van der Waals surface area contributed by atoms with Gasteiger partial charge in [-0.2, -0.15) is 0 Å². The van der Waals surface area contributed by atoms with Crippen molar-refractivity contribution >= 4 is 33.0 Å². The van der Waals surface area contributed by atoms with E-state index < -0.39 is 10.0 Å². The summed E-state index contributed by atoms with van der Waals surface area (Å²) in [5, 5.41) is 4.47. The number of amides is 1. The summed E-state index contributed by atoms with van der Waals surface area (Å²) in [6.07, 6.45) is 1.76. The summed E-state index contributed by atoms with van der Waals surface area (Å²) in [4.78, 5) is 11.9. The molecule has 2 N–H and O–H groups in total. The smallest absolute Gasteiger partial charge is 0.271 e. The van der Waals surface area contributed by atoms with Gasteiger partial charge in [0.25, 0.3) is 10.0 Å². The van der Waals surface area contributed by atoms with Gasteiger partial charge in [-0.15, -0.1) is 11.3 Å². The Morgan fingerprint density at radius 1 is 1.08 bits per heavy atom. The van der Waals surface area contributed by atoms with Crippen LogP contribution in [0.25, 0.3) is 0 Å². The van der Waals surface area contributed by atoms with Gasteiger partial charge in [-0.25, -0.2) is 8.42 Å². The van der Waals surface area contributed by atoms with Gasteiger partial charge in [0.05, 0.1) is 19.2 Å². The SMILES string of the molecule is O=C(Cc1ccc(NS(=O)(=O)c2cccs2)cc1)NCc1ccco1. The molecule has 3 aromatic rings. The van der Waals surface area contributed by atoms with Crippen molar-refractivity contribution in [2.45, 2.75) is 17.2 Å². The molecule has 0 aliphatic carbocycles. The molecule has 0 atom stereocenters. The second kappa shape index (κ2) is 7.54. The number of sulfonamides is 1. The average molecular weight is 376 g/mol. The molecular formula is C17H16N2O4S2.